The van der Waals surface area contributed by atoms with E-state index in [9.17, 15) is 0 Å². The van der Waals surface area contributed by atoms with Crippen LogP contribution in [0.5, 0.6) is 0 Å². The molecule has 2 rings (SSSR count). The van der Waals surface area contributed by atoms with E-state index in [-0.39, 0.29) is 0 Å². The highest BCUT2D eigenvalue weighted by Gasteiger charge is 2.18. The standard InChI is InChI=1S/C12H23N7/c1-9(2)18(3)11-14-10(17-13)15-12(16-11)19-7-5-4-6-8-19/h9H,4-8,13H2,1-3H3,(H,14,15,16,17). The smallest absolute Gasteiger partial charge is 0.243 e. The van der Waals surface area contributed by atoms with Crippen LogP contribution in [0.15, 0.2) is 0 Å². The molecule has 0 unspecified atom stereocenters. The normalized spacial score (nSPS) is 15.7. The van der Waals surface area contributed by atoms with E-state index in [2.05, 4.69) is 39.1 Å². The molecule has 1 aromatic rings. The van der Waals surface area contributed by atoms with E-state index in [1.807, 2.05) is 11.9 Å². The monoisotopic (exact) mass is 265 g/mol. The number of anilines is 3. The largest absolute Gasteiger partial charge is 0.341 e. The van der Waals surface area contributed by atoms with E-state index >= 15 is 0 Å². The Balaban J connectivity index is 2.29. The van der Waals surface area contributed by atoms with Crippen molar-refractivity contribution in [1.29, 1.82) is 0 Å². The second-order valence-corrected chi connectivity index (χ2v) is 5.16. The number of aromatic nitrogens is 3. The summed E-state index contributed by atoms with van der Waals surface area (Å²) in [5.74, 6) is 7.23. The van der Waals surface area contributed by atoms with E-state index in [0.29, 0.717) is 23.9 Å². The Kier molecular flexibility index (Phi) is 4.36. The molecule has 0 bridgehead atoms. The lowest BCUT2D eigenvalue weighted by Crippen LogP contribution is -2.33. The van der Waals surface area contributed by atoms with Gasteiger partial charge in [0, 0.05) is 26.2 Å². The molecule has 1 aliphatic heterocycles. The Hall–Kier alpha value is -1.63. The molecule has 0 aliphatic carbocycles. The third-order valence-electron chi connectivity index (χ3n) is 3.47. The number of rotatable bonds is 4. The molecule has 1 fully saturated rings. The first-order valence-electron chi connectivity index (χ1n) is 6.82. The topological polar surface area (TPSA) is 83.2 Å². The Morgan fingerprint density at radius 3 is 2.42 bits per heavy atom. The zero-order chi connectivity index (χ0) is 13.8. The summed E-state index contributed by atoms with van der Waals surface area (Å²) in [6, 6.07) is 0.322. The fourth-order valence-corrected chi connectivity index (χ4v) is 2.04. The van der Waals surface area contributed by atoms with Gasteiger partial charge in [-0.15, -0.1) is 0 Å². The molecule has 0 saturated carbocycles. The minimum absolute atomic E-state index is 0.322. The molecule has 0 atom stereocenters. The van der Waals surface area contributed by atoms with Crippen molar-refractivity contribution >= 4 is 17.8 Å². The van der Waals surface area contributed by atoms with Crippen molar-refractivity contribution in [2.24, 2.45) is 5.84 Å². The predicted octanol–water partition coefficient (Wildman–Crippen LogP) is 0.992. The number of piperidine rings is 1. The number of nitrogens with zero attached hydrogens (tertiary/aromatic N) is 5. The van der Waals surface area contributed by atoms with Crippen LogP contribution >= 0.6 is 0 Å². The SMILES string of the molecule is CC(C)N(C)c1nc(NN)nc(N2CCCCC2)n1. The number of hydrazine groups is 1. The van der Waals surface area contributed by atoms with E-state index < -0.39 is 0 Å². The van der Waals surface area contributed by atoms with Crippen LogP contribution < -0.4 is 21.1 Å². The molecule has 1 saturated heterocycles. The van der Waals surface area contributed by atoms with Gasteiger partial charge in [0.1, 0.15) is 0 Å². The average molecular weight is 265 g/mol. The molecule has 7 nitrogen and oxygen atoms in total. The van der Waals surface area contributed by atoms with Crippen molar-refractivity contribution in [2.75, 3.05) is 35.4 Å². The minimum atomic E-state index is 0.322. The van der Waals surface area contributed by atoms with Crippen LogP contribution in [0, 0.1) is 0 Å². The quantitative estimate of drug-likeness (QED) is 0.620. The van der Waals surface area contributed by atoms with Crippen LogP contribution in [0.25, 0.3) is 0 Å². The molecule has 3 N–H and O–H groups in total. The van der Waals surface area contributed by atoms with Crippen molar-refractivity contribution < 1.29 is 0 Å². The first-order valence-corrected chi connectivity index (χ1v) is 6.82. The average Bonchev–Trinajstić information content (AvgIpc) is 2.46. The van der Waals surface area contributed by atoms with E-state index in [0.717, 1.165) is 13.1 Å². The van der Waals surface area contributed by atoms with E-state index in [1.165, 1.54) is 19.3 Å². The van der Waals surface area contributed by atoms with Gasteiger partial charge in [-0.05, 0) is 33.1 Å². The van der Waals surface area contributed by atoms with Gasteiger partial charge in [0.25, 0.3) is 0 Å². The highest BCUT2D eigenvalue weighted by molar-refractivity contribution is 5.45. The van der Waals surface area contributed by atoms with Crippen LogP contribution in [0.2, 0.25) is 0 Å². The number of nitrogens with two attached hydrogens (primary N) is 1. The Morgan fingerprint density at radius 2 is 1.84 bits per heavy atom. The van der Waals surface area contributed by atoms with Crippen molar-refractivity contribution in [3.05, 3.63) is 0 Å². The van der Waals surface area contributed by atoms with Crippen molar-refractivity contribution in [1.82, 2.24) is 15.0 Å². The summed E-state index contributed by atoms with van der Waals surface area (Å²) in [6.45, 7) is 6.19. The molecule has 0 aromatic carbocycles. The van der Waals surface area contributed by atoms with Crippen LogP contribution in [0.4, 0.5) is 17.8 Å². The van der Waals surface area contributed by atoms with Gasteiger partial charge in [-0.3, -0.25) is 5.43 Å². The zero-order valence-electron chi connectivity index (χ0n) is 11.9. The zero-order valence-corrected chi connectivity index (χ0v) is 11.9. The highest BCUT2D eigenvalue weighted by Crippen LogP contribution is 2.20. The van der Waals surface area contributed by atoms with Gasteiger partial charge in [-0.25, -0.2) is 5.84 Å². The predicted molar refractivity (Wildman–Crippen MR) is 77.2 cm³/mol. The lowest BCUT2D eigenvalue weighted by Gasteiger charge is -2.28. The maximum atomic E-state index is 5.45. The summed E-state index contributed by atoms with van der Waals surface area (Å²) in [5.41, 5.74) is 2.53. The maximum Gasteiger partial charge on any atom is 0.243 e. The van der Waals surface area contributed by atoms with Gasteiger partial charge in [0.05, 0.1) is 0 Å². The summed E-state index contributed by atoms with van der Waals surface area (Å²) in [4.78, 5) is 17.4. The second kappa shape index (κ2) is 6.01. The summed E-state index contributed by atoms with van der Waals surface area (Å²) >= 11 is 0. The van der Waals surface area contributed by atoms with Gasteiger partial charge in [-0.1, -0.05) is 0 Å². The molecule has 2 heterocycles. The third kappa shape index (κ3) is 3.23. The summed E-state index contributed by atoms with van der Waals surface area (Å²) in [7, 11) is 1.97. The molecule has 7 heteroatoms. The molecule has 19 heavy (non-hydrogen) atoms. The van der Waals surface area contributed by atoms with Gasteiger partial charge >= 0.3 is 0 Å². The first kappa shape index (κ1) is 13.8. The first-order chi connectivity index (χ1) is 9.11. The Bertz CT molecular complexity index is 415. The minimum Gasteiger partial charge on any atom is -0.341 e. The highest BCUT2D eigenvalue weighted by atomic mass is 15.4. The summed E-state index contributed by atoms with van der Waals surface area (Å²) < 4.78 is 0. The van der Waals surface area contributed by atoms with Gasteiger partial charge in [0.15, 0.2) is 0 Å². The van der Waals surface area contributed by atoms with Gasteiger partial charge in [-0.2, -0.15) is 15.0 Å². The van der Waals surface area contributed by atoms with Crippen molar-refractivity contribution in [2.45, 2.75) is 39.2 Å². The Labute approximate surface area is 114 Å². The van der Waals surface area contributed by atoms with E-state index in [1.54, 1.807) is 0 Å². The number of nitrogens with one attached hydrogen (secondary N) is 1. The van der Waals surface area contributed by atoms with Crippen LogP contribution in [-0.2, 0) is 0 Å². The van der Waals surface area contributed by atoms with Crippen LogP contribution in [0.1, 0.15) is 33.1 Å². The van der Waals surface area contributed by atoms with Gasteiger partial charge < -0.3 is 9.80 Å². The van der Waals surface area contributed by atoms with Gasteiger partial charge in [0.2, 0.25) is 17.8 Å². The third-order valence-corrected chi connectivity index (χ3v) is 3.47. The lowest BCUT2D eigenvalue weighted by molar-refractivity contribution is 0.566. The second-order valence-electron chi connectivity index (χ2n) is 5.16. The number of hydrogen-bond donors (Lipinski definition) is 2. The summed E-state index contributed by atoms with van der Waals surface area (Å²) in [5, 5.41) is 0. The van der Waals surface area contributed by atoms with Crippen LogP contribution in [-0.4, -0.2) is 41.1 Å². The molecule has 106 valence electrons. The van der Waals surface area contributed by atoms with Crippen LogP contribution in [0.3, 0.4) is 0 Å². The van der Waals surface area contributed by atoms with Crippen molar-refractivity contribution in [3.63, 3.8) is 0 Å². The fourth-order valence-electron chi connectivity index (χ4n) is 2.04. The van der Waals surface area contributed by atoms with Crippen molar-refractivity contribution in [3.8, 4) is 0 Å². The fraction of sp³-hybridized carbons (Fsp3) is 0.750. The molecule has 1 aliphatic rings. The summed E-state index contributed by atoms with van der Waals surface area (Å²) in [6.07, 6.45) is 3.65. The molecule has 0 amide bonds. The lowest BCUT2D eigenvalue weighted by atomic mass is 10.1. The van der Waals surface area contributed by atoms with E-state index in [4.69, 9.17) is 5.84 Å². The molecular weight excluding hydrogens is 242 g/mol. The number of hydrogen-bond acceptors (Lipinski definition) is 7. The number of nitrogen functional groups attached to an aromatic ring is 1. The molecule has 1 aromatic heterocycles. The molecular formula is C12H23N7. The maximum absolute atomic E-state index is 5.45. The molecule has 0 radical (unpaired) electrons. The molecule has 0 spiro atoms. The Morgan fingerprint density at radius 1 is 1.16 bits per heavy atom.